The fourth-order valence-corrected chi connectivity index (χ4v) is 3.00. The Bertz CT molecular complexity index is 879. The molecule has 0 bridgehead atoms. The van der Waals surface area contributed by atoms with Crippen LogP contribution >= 0.6 is 0 Å². The van der Waals surface area contributed by atoms with E-state index in [1.54, 1.807) is 36.4 Å². The summed E-state index contributed by atoms with van der Waals surface area (Å²) in [7, 11) is 0. The van der Waals surface area contributed by atoms with Gasteiger partial charge in [0, 0.05) is 24.8 Å². The second-order valence-electron chi connectivity index (χ2n) is 7.53. The molecule has 0 atom stereocenters. The molecule has 0 radical (unpaired) electrons. The first-order valence-corrected chi connectivity index (χ1v) is 9.26. The van der Waals surface area contributed by atoms with Crippen LogP contribution in [0.15, 0.2) is 36.4 Å². The minimum atomic E-state index is -1.50. The number of carbonyl (C=O) groups excluding carboxylic acids is 1. The molecule has 2 N–H and O–H groups in total. The van der Waals surface area contributed by atoms with E-state index >= 15 is 0 Å². The van der Waals surface area contributed by atoms with Gasteiger partial charge in [0.05, 0.1) is 11.1 Å². The predicted octanol–water partition coefficient (Wildman–Crippen LogP) is 4.82. The van der Waals surface area contributed by atoms with Gasteiger partial charge in [-0.1, -0.05) is 26.8 Å². The van der Waals surface area contributed by atoms with Crippen LogP contribution in [0.2, 0.25) is 0 Å². The molecular weight excluding hydrogens is 358 g/mol. The highest BCUT2D eigenvalue weighted by molar-refractivity contribution is 6.12. The summed E-state index contributed by atoms with van der Waals surface area (Å²) in [5.74, 6) is -0.701. The third kappa shape index (κ3) is 4.63. The van der Waals surface area contributed by atoms with Gasteiger partial charge in [0.15, 0.2) is 5.78 Å². The topological polar surface area (TPSA) is 87.1 Å². The molecule has 6 heteroatoms. The van der Waals surface area contributed by atoms with Crippen LogP contribution in [0.3, 0.4) is 0 Å². The Morgan fingerprint density at radius 2 is 1.61 bits per heavy atom. The Balaban J connectivity index is 2.49. The Hall–Kier alpha value is -3.02. The number of anilines is 1. The number of nitrogens with zero attached hydrogens (tertiary/aromatic N) is 1. The summed E-state index contributed by atoms with van der Waals surface area (Å²) in [6.45, 7) is 11.5. The first-order chi connectivity index (χ1) is 13.1. The smallest absolute Gasteiger partial charge is 0.507 e. The lowest BCUT2D eigenvalue weighted by molar-refractivity contribution is 0.103. The van der Waals surface area contributed by atoms with E-state index in [1.165, 1.54) is 0 Å². The van der Waals surface area contributed by atoms with E-state index in [4.69, 9.17) is 9.84 Å². The fraction of sp³-hybridized carbons (Fsp3) is 0.364. The Kier molecular flexibility index (Phi) is 6.33. The van der Waals surface area contributed by atoms with E-state index in [0.717, 1.165) is 24.3 Å². The predicted molar refractivity (Wildman–Crippen MR) is 109 cm³/mol. The molecule has 0 amide bonds. The van der Waals surface area contributed by atoms with Crippen LogP contribution < -0.4 is 9.64 Å². The minimum Gasteiger partial charge on any atom is -0.507 e. The number of aromatic hydroxyl groups is 1. The van der Waals surface area contributed by atoms with Crippen molar-refractivity contribution in [1.82, 2.24) is 0 Å². The molecule has 150 valence electrons. The van der Waals surface area contributed by atoms with Crippen molar-refractivity contribution in [3.05, 3.63) is 53.1 Å². The number of hydrogen-bond acceptors (Lipinski definition) is 5. The van der Waals surface area contributed by atoms with Gasteiger partial charge < -0.3 is 19.8 Å². The number of carboxylic acid groups (broad SMARTS) is 1. The number of phenols is 1. The van der Waals surface area contributed by atoms with E-state index in [2.05, 4.69) is 0 Å². The highest BCUT2D eigenvalue weighted by atomic mass is 16.7. The summed E-state index contributed by atoms with van der Waals surface area (Å²) in [6.07, 6.45) is -1.50. The first-order valence-electron chi connectivity index (χ1n) is 9.26. The highest BCUT2D eigenvalue weighted by Gasteiger charge is 2.23. The summed E-state index contributed by atoms with van der Waals surface area (Å²) in [5.41, 5.74) is 1.58. The summed E-state index contributed by atoms with van der Waals surface area (Å²) >= 11 is 0. The van der Waals surface area contributed by atoms with Crippen LogP contribution in [0.25, 0.3) is 0 Å². The standard InChI is InChI=1S/C22H27NO5/c1-6-23(7-2)15-9-11-16(18(24)13-15)20(25)17-10-8-14(22(3,4)5)12-19(17)28-21(26)27/h8-13,24H,6-7H2,1-5H3,(H,26,27). The van der Waals surface area contributed by atoms with Gasteiger partial charge in [0.25, 0.3) is 0 Å². The van der Waals surface area contributed by atoms with Gasteiger partial charge in [0.2, 0.25) is 0 Å². The zero-order valence-corrected chi connectivity index (χ0v) is 16.9. The van der Waals surface area contributed by atoms with Crippen LogP contribution in [-0.4, -0.2) is 35.2 Å². The van der Waals surface area contributed by atoms with Gasteiger partial charge in [0.1, 0.15) is 11.5 Å². The number of ketones is 1. The van der Waals surface area contributed by atoms with Crippen LogP contribution in [0.5, 0.6) is 11.5 Å². The molecule has 0 unspecified atom stereocenters. The average Bonchev–Trinajstić information content (AvgIpc) is 2.61. The number of rotatable bonds is 6. The molecular formula is C22H27NO5. The molecule has 6 nitrogen and oxygen atoms in total. The molecule has 0 aliphatic rings. The molecule has 2 aromatic rings. The van der Waals surface area contributed by atoms with Crippen molar-refractivity contribution in [3.63, 3.8) is 0 Å². The number of phenolic OH excluding ortho intramolecular Hbond substituents is 1. The summed E-state index contributed by atoms with van der Waals surface area (Å²) in [5, 5.41) is 19.5. The van der Waals surface area contributed by atoms with Crippen molar-refractivity contribution in [2.24, 2.45) is 0 Å². The SMILES string of the molecule is CCN(CC)c1ccc(C(=O)c2ccc(C(C)(C)C)cc2OC(=O)O)c(O)c1. The van der Waals surface area contributed by atoms with Crippen molar-refractivity contribution in [1.29, 1.82) is 0 Å². The number of carbonyl (C=O) groups is 2. The number of ether oxygens (including phenoxy) is 1. The molecule has 2 rings (SSSR count). The summed E-state index contributed by atoms with van der Waals surface area (Å²) < 4.78 is 4.87. The van der Waals surface area contributed by atoms with E-state index in [9.17, 15) is 14.7 Å². The van der Waals surface area contributed by atoms with Crippen LogP contribution in [0, 0.1) is 0 Å². The first kappa shape index (κ1) is 21.3. The molecule has 0 aromatic heterocycles. The van der Waals surface area contributed by atoms with Crippen LogP contribution in [0.4, 0.5) is 10.5 Å². The zero-order valence-electron chi connectivity index (χ0n) is 16.9. The molecule has 0 saturated carbocycles. The second-order valence-corrected chi connectivity index (χ2v) is 7.53. The normalized spacial score (nSPS) is 11.2. The maximum Gasteiger partial charge on any atom is 0.511 e. The van der Waals surface area contributed by atoms with Gasteiger partial charge in [-0.3, -0.25) is 4.79 Å². The largest absolute Gasteiger partial charge is 0.511 e. The van der Waals surface area contributed by atoms with Crippen molar-refractivity contribution < 1.29 is 24.5 Å². The van der Waals surface area contributed by atoms with Crippen LogP contribution in [0.1, 0.15) is 56.1 Å². The van der Waals surface area contributed by atoms with E-state index in [0.29, 0.717) is 0 Å². The fourth-order valence-electron chi connectivity index (χ4n) is 3.00. The lowest BCUT2D eigenvalue weighted by atomic mass is 9.85. The maximum atomic E-state index is 13.0. The van der Waals surface area contributed by atoms with Crippen molar-refractivity contribution in [2.45, 2.75) is 40.0 Å². The third-order valence-corrected chi connectivity index (χ3v) is 4.64. The maximum absolute atomic E-state index is 13.0. The van der Waals surface area contributed by atoms with Crippen molar-refractivity contribution >= 4 is 17.6 Å². The molecule has 28 heavy (non-hydrogen) atoms. The van der Waals surface area contributed by atoms with Gasteiger partial charge >= 0.3 is 6.16 Å². The van der Waals surface area contributed by atoms with Gasteiger partial charge in [-0.05, 0) is 49.1 Å². The molecule has 0 heterocycles. The Labute approximate surface area is 165 Å². The third-order valence-electron chi connectivity index (χ3n) is 4.64. The van der Waals surface area contributed by atoms with Crippen molar-refractivity contribution in [3.8, 4) is 11.5 Å². The lowest BCUT2D eigenvalue weighted by Gasteiger charge is -2.22. The highest BCUT2D eigenvalue weighted by Crippen LogP contribution is 2.33. The van der Waals surface area contributed by atoms with Gasteiger partial charge in [-0.15, -0.1) is 0 Å². The molecule has 0 fully saturated rings. The van der Waals surface area contributed by atoms with Crippen LogP contribution in [-0.2, 0) is 5.41 Å². The second kappa shape index (κ2) is 8.33. The van der Waals surface area contributed by atoms with Gasteiger partial charge in [-0.2, -0.15) is 0 Å². The van der Waals surface area contributed by atoms with E-state index in [-0.39, 0.29) is 28.0 Å². The number of benzene rings is 2. The Morgan fingerprint density at radius 3 is 2.11 bits per heavy atom. The molecule has 0 aliphatic carbocycles. The monoisotopic (exact) mass is 385 g/mol. The lowest BCUT2D eigenvalue weighted by Crippen LogP contribution is -2.21. The van der Waals surface area contributed by atoms with E-state index in [1.807, 2.05) is 39.5 Å². The molecule has 0 saturated heterocycles. The minimum absolute atomic E-state index is 0.0443. The zero-order chi connectivity index (χ0) is 21.1. The number of hydrogen-bond donors (Lipinski definition) is 2. The van der Waals surface area contributed by atoms with Crippen molar-refractivity contribution in [2.75, 3.05) is 18.0 Å². The van der Waals surface area contributed by atoms with E-state index < -0.39 is 11.9 Å². The van der Waals surface area contributed by atoms with Gasteiger partial charge in [-0.25, -0.2) is 4.79 Å². The molecule has 0 aliphatic heterocycles. The Morgan fingerprint density at radius 1 is 1.00 bits per heavy atom. The quantitative estimate of drug-likeness (QED) is 0.421. The summed E-state index contributed by atoms with van der Waals surface area (Å²) in [4.78, 5) is 26.2. The average molecular weight is 385 g/mol. The summed E-state index contributed by atoms with van der Waals surface area (Å²) in [6, 6.07) is 9.72. The molecule has 2 aromatic carbocycles. The molecule has 0 spiro atoms.